The number of benzene rings is 3. The van der Waals surface area contributed by atoms with Gasteiger partial charge in [-0.25, -0.2) is 14.8 Å². The van der Waals surface area contributed by atoms with E-state index in [2.05, 4.69) is 32.0 Å². The standard InChI is InChI=1S/C31H30N4O4/c36-30(10-6-1-2-7-17-35-18-20-37-21-19-35)39-27-15-16-29-28(22-27)31(33-23-32-29)34-24-11-13-26(14-12-24)38-25-8-4-3-5-9-25/h3-5,8-9,11-16,22-23H,1-2,7,17-21H2,(H,32,33,34). The number of ether oxygens (including phenoxy) is 3. The van der Waals surface area contributed by atoms with Crippen LogP contribution in [0, 0.1) is 11.8 Å². The third kappa shape index (κ3) is 7.77. The topological polar surface area (TPSA) is 85.8 Å². The van der Waals surface area contributed by atoms with Crippen LogP contribution in [0.5, 0.6) is 17.2 Å². The Balaban J connectivity index is 1.16. The van der Waals surface area contributed by atoms with E-state index in [0.29, 0.717) is 18.0 Å². The van der Waals surface area contributed by atoms with Gasteiger partial charge in [-0.3, -0.25) is 4.90 Å². The highest BCUT2D eigenvalue weighted by Crippen LogP contribution is 2.28. The minimum absolute atomic E-state index is 0.388. The van der Waals surface area contributed by atoms with E-state index < -0.39 is 5.97 Å². The Labute approximate surface area is 227 Å². The number of nitrogens with zero attached hydrogens (tertiary/aromatic N) is 3. The second-order valence-electron chi connectivity index (χ2n) is 9.07. The van der Waals surface area contributed by atoms with E-state index in [0.717, 1.165) is 73.8 Å². The van der Waals surface area contributed by atoms with Crippen LogP contribution in [0.15, 0.2) is 79.1 Å². The first kappa shape index (κ1) is 26.2. The van der Waals surface area contributed by atoms with Gasteiger partial charge in [-0.1, -0.05) is 24.1 Å². The molecular formula is C31H30N4O4. The van der Waals surface area contributed by atoms with E-state index in [1.54, 1.807) is 18.2 Å². The quantitative estimate of drug-likeness (QED) is 0.100. The van der Waals surface area contributed by atoms with Crippen molar-refractivity contribution >= 4 is 28.4 Å². The molecule has 0 radical (unpaired) electrons. The first-order valence-electron chi connectivity index (χ1n) is 13.1. The Hall–Kier alpha value is -4.45. The van der Waals surface area contributed by atoms with Crippen LogP contribution in [0.3, 0.4) is 0 Å². The van der Waals surface area contributed by atoms with Crippen molar-refractivity contribution in [1.29, 1.82) is 0 Å². The number of nitrogens with one attached hydrogen (secondary N) is 1. The molecule has 1 saturated heterocycles. The van der Waals surface area contributed by atoms with Crippen molar-refractivity contribution in [3.8, 4) is 29.1 Å². The zero-order chi connectivity index (χ0) is 26.7. The molecule has 1 aliphatic rings. The average Bonchev–Trinajstić information content (AvgIpc) is 2.97. The van der Waals surface area contributed by atoms with Gasteiger partial charge in [0.1, 0.15) is 29.4 Å². The van der Waals surface area contributed by atoms with Crippen molar-refractivity contribution in [3.63, 3.8) is 0 Å². The van der Waals surface area contributed by atoms with Crippen molar-refractivity contribution in [1.82, 2.24) is 14.9 Å². The fraction of sp³-hybridized carbons (Fsp3) is 0.258. The van der Waals surface area contributed by atoms with Crippen LogP contribution in [-0.2, 0) is 9.53 Å². The van der Waals surface area contributed by atoms with Gasteiger partial charge in [0.05, 0.1) is 18.7 Å². The summed E-state index contributed by atoms with van der Waals surface area (Å²) in [5.74, 6) is 7.43. The summed E-state index contributed by atoms with van der Waals surface area (Å²) in [6, 6.07) is 22.4. The Morgan fingerprint density at radius 2 is 1.69 bits per heavy atom. The van der Waals surface area contributed by atoms with E-state index in [-0.39, 0.29) is 0 Å². The molecule has 0 unspecified atom stereocenters. The molecule has 0 amide bonds. The third-order valence-corrected chi connectivity index (χ3v) is 6.23. The Kier molecular flexibility index (Phi) is 8.98. The lowest BCUT2D eigenvalue weighted by atomic mass is 10.2. The van der Waals surface area contributed by atoms with Crippen molar-refractivity contribution in [2.24, 2.45) is 0 Å². The van der Waals surface area contributed by atoms with Gasteiger partial charge in [-0.2, -0.15) is 0 Å². The summed E-state index contributed by atoms with van der Waals surface area (Å²) >= 11 is 0. The number of carbonyl (C=O) groups is 1. The predicted octanol–water partition coefficient (Wildman–Crippen LogP) is 5.58. The number of para-hydroxylation sites is 1. The van der Waals surface area contributed by atoms with E-state index in [1.807, 2.05) is 54.6 Å². The number of hydrogen-bond acceptors (Lipinski definition) is 8. The van der Waals surface area contributed by atoms with Crippen molar-refractivity contribution in [3.05, 3.63) is 79.1 Å². The van der Waals surface area contributed by atoms with Gasteiger partial charge in [0.15, 0.2) is 0 Å². The number of aromatic nitrogens is 2. The molecular weight excluding hydrogens is 492 g/mol. The number of carbonyl (C=O) groups excluding carboxylic acids is 1. The van der Waals surface area contributed by atoms with E-state index in [4.69, 9.17) is 14.2 Å². The summed E-state index contributed by atoms with van der Waals surface area (Å²) in [6.07, 6.45) is 4.15. The molecule has 3 aromatic carbocycles. The zero-order valence-electron chi connectivity index (χ0n) is 21.6. The molecule has 8 heteroatoms. The number of morpholine rings is 1. The molecule has 0 bridgehead atoms. The first-order valence-corrected chi connectivity index (χ1v) is 13.1. The molecule has 198 valence electrons. The van der Waals surface area contributed by atoms with E-state index in [1.165, 1.54) is 6.33 Å². The smallest absolute Gasteiger partial charge is 0.389 e. The molecule has 5 rings (SSSR count). The van der Waals surface area contributed by atoms with Gasteiger partial charge in [0.2, 0.25) is 0 Å². The second kappa shape index (κ2) is 13.4. The summed E-state index contributed by atoms with van der Waals surface area (Å²) < 4.78 is 16.7. The van der Waals surface area contributed by atoms with Gasteiger partial charge >= 0.3 is 5.97 Å². The van der Waals surface area contributed by atoms with Gasteiger partial charge in [0, 0.05) is 36.5 Å². The summed E-state index contributed by atoms with van der Waals surface area (Å²) in [5.41, 5.74) is 1.56. The highest BCUT2D eigenvalue weighted by atomic mass is 16.5. The molecule has 8 nitrogen and oxygen atoms in total. The predicted molar refractivity (Wildman–Crippen MR) is 150 cm³/mol. The van der Waals surface area contributed by atoms with E-state index >= 15 is 0 Å². The van der Waals surface area contributed by atoms with Crippen LogP contribution >= 0.6 is 0 Å². The van der Waals surface area contributed by atoms with Crippen molar-refractivity contribution < 1.29 is 19.0 Å². The number of rotatable bonds is 9. The van der Waals surface area contributed by atoms with Crippen LogP contribution in [0.25, 0.3) is 10.9 Å². The Morgan fingerprint density at radius 3 is 2.51 bits per heavy atom. The number of anilines is 2. The van der Waals surface area contributed by atoms with Crippen LogP contribution < -0.4 is 14.8 Å². The molecule has 0 saturated carbocycles. The van der Waals surface area contributed by atoms with E-state index in [9.17, 15) is 4.79 Å². The minimum Gasteiger partial charge on any atom is -0.457 e. The van der Waals surface area contributed by atoms with Gasteiger partial charge in [0.25, 0.3) is 0 Å². The van der Waals surface area contributed by atoms with Crippen molar-refractivity contribution in [2.45, 2.75) is 19.3 Å². The van der Waals surface area contributed by atoms with Gasteiger partial charge in [-0.05, 0) is 74.0 Å². The summed E-state index contributed by atoms with van der Waals surface area (Å²) in [7, 11) is 0. The zero-order valence-corrected chi connectivity index (χ0v) is 21.6. The second-order valence-corrected chi connectivity index (χ2v) is 9.07. The summed E-state index contributed by atoms with van der Waals surface area (Å²) in [4.78, 5) is 23.4. The number of esters is 1. The lowest BCUT2D eigenvalue weighted by molar-refractivity contribution is -0.128. The molecule has 1 aliphatic heterocycles. The number of fused-ring (bicyclic) bond motifs is 1. The van der Waals surface area contributed by atoms with Crippen LogP contribution in [0.1, 0.15) is 19.3 Å². The van der Waals surface area contributed by atoms with Crippen LogP contribution in [0.2, 0.25) is 0 Å². The minimum atomic E-state index is -0.581. The fourth-order valence-electron chi connectivity index (χ4n) is 4.21. The number of hydrogen-bond donors (Lipinski definition) is 1. The molecule has 2 heterocycles. The summed E-state index contributed by atoms with van der Waals surface area (Å²) in [6.45, 7) is 4.63. The Morgan fingerprint density at radius 1 is 0.923 bits per heavy atom. The van der Waals surface area contributed by atoms with Crippen LogP contribution in [0.4, 0.5) is 11.5 Å². The largest absolute Gasteiger partial charge is 0.457 e. The van der Waals surface area contributed by atoms with Crippen molar-refractivity contribution in [2.75, 3.05) is 38.2 Å². The maximum atomic E-state index is 12.3. The molecule has 39 heavy (non-hydrogen) atoms. The molecule has 1 N–H and O–H groups in total. The molecule has 0 spiro atoms. The highest BCUT2D eigenvalue weighted by Gasteiger charge is 2.10. The monoisotopic (exact) mass is 522 g/mol. The lowest BCUT2D eigenvalue weighted by Crippen LogP contribution is -2.36. The fourth-order valence-corrected chi connectivity index (χ4v) is 4.21. The summed E-state index contributed by atoms with van der Waals surface area (Å²) in [5, 5.41) is 4.04. The maximum Gasteiger partial charge on any atom is 0.389 e. The Bertz CT molecular complexity index is 1440. The number of unbranched alkanes of at least 4 members (excludes halogenated alkanes) is 2. The van der Waals surface area contributed by atoms with Gasteiger partial charge in [-0.15, -0.1) is 0 Å². The lowest BCUT2D eigenvalue weighted by Gasteiger charge is -2.26. The molecule has 4 aromatic rings. The first-order chi connectivity index (χ1) is 19.2. The van der Waals surface area contributed by atoms with Crippen LogP contribution in [-0.4, -0.2) is 53.7 Å². The third-order valence-electron chi connectivity index (χ3n) is 6.23. The molecule has 0 aliphatic carbocycles. The maximum absolute atomic E-state index is 12.3. The average molecular weight is 523 g/mol. The molecule has 0 atom stereocenters. The highest BCUT2D eigenvalue weighted by molar-refractivity contribution is 5.94. The molecule has 1 fully saturated rings. The normalized spacial score (nSPS) is 13.3. The van der Waals surface area contributed by atoms with Gasteiger partial charge < -0.3 is 19.5 Å². The SMILES string of the molecule is O=C(C#CCCCCN1CCOCC1)Oc1ccc2ncnc(Nc3ccc(Oc4ccccc4)cc3)c2c1. The molecule has 1 aromatic heterocycles.